The molecular weight excluding hydrogens is 486 g/mol. The second kappa shape index (κ2) is 14.6. The van der Waals surface area contributed by atoms with Crippen molar-refractivity contribution in [2.75, 3.05) is 26.4 Å². The average molecular weight is 514 g/mol. The maximum Gasteiger partial charge on any atom is 0.338 e. The fourth-order valence-corrected chi connectivity index (χ4v) is 3.36. The molecule has 2 aromatic carbocycles. The average Bonchev–Trinajstić information content (AvgIpc) is 2.86. The van der Waals surface area contributed by atoms with Crippen molar-refractivity contribution in [1.29, 1.82) is 0 Å². The predicted molar refractivity (Wildman–Crippen MR) is 133 cm³/mol. The Kier molecular flexibility index (Phi) is 11.5. The number of carbonyl (C=O) groups is 4. The molecule has 0 aliphatic heterocycles. The zero-order chi connectivity index (χ0) is 26.5. The smallest absolute Gasteiger partial charge is 0.338 e. The molecule has 36 heavy (non-hydrogen) atoms. The number of rotatable bonds is 13. The number of benzene rings is 2. The summed E-state index contributed by atoms with van der Waals surface area (Å²) in [5, 5.41) is 3.51. The van der Waals surface area contributed by atoms with Crippen molar-refractivity contribution in [3.8, 4) is 0 Å². The minimum atomic E-state index is -0.599. The summed E-state index contributed by atoms with van der Waals surface area (Å²) in [6.07, 6.45) is 0. The summed E-state index contributed by atoms with van der Waals surface area (Å²) in [6.45, 7) is 8.25. The van der Waals surface area contributed by atoms with Crippen LogP contribution < -0.4 is 0 Å². The molecule has 0 N–H and O–H groups in total. The van der Waals surface area contributed by atoms with Crippen molar-refractivity contribution in [2.45, 2.75) is 30.6 Å². The van der Waals surface area contributed by atoms with E-state index in [-0.39, 0.29) is 37.9 Å². The van der Waals surface area contributed by atoms with E-state index in [0.29, 0.717) is 16.7 Å². The first-order valence-electron chi connectivity index (χ1n) is 10.9. The van der Waals surface area contributed by atoms with E-state index in [4.69, 9.17) is 14.2 Å². The first kappa shape index (κ1) is 28.5. The van der Waals surface area contributed by atoms with Crippen LogP contribution in [0, 0.1) is 0 Å². The van der Waals surface area contributed by atoms with Gasteiger partial charge in [0.1, 0.15) is 18.9 Å². The van der Waals surface area contributed by atoms with Crippen LogP contribution >= 0.6 is 11.8 Å². The number of carbonyl (C=O) groups excluding carboxylic acids is 4. The molecule has 0 unspecified atom stereocenters. The van der Waals surface area contributed by atoms with Gasteiger partial charge in [-0.25, -0.2) is 14.4 Å². The van der Waals surface area contributed by atoms with Gasteiger partial charge < -0.3 is 19.0 Å². The molecule has 0 radical (unpaired) electrons. The van der Waals surface area contributed by atoms with E-state index in [1.165, 1.54) is 25.6 Å². The molecule has 190 valence electrons. The molecule has 0 heterocycles. The Morgan fingerprint density at radius 2 is 1.31 bits per heavy atom. The molecule has 0 amide bonds. The van der Waals surface area contributed by atoms with Crippen LogP contribution in [0.4, 0.5) is 0 Å². The normalized spacial score (nSPS) is 10.9. The monoisotopic (exact) mass is 513 g/mol. The fraction of sp³-hybridized carbons (Fsp3) is 0.269. The number of hydrogen-bond donors (Lipinski definition) is 0. The summed E-state index contributed by atoms with van der Waals surface area (Å²) in [4.78, 5) is 52.8. The number of ether oxygens (including phenoxy) is 3. The van der Waals surface area contributed by atoms with E-state index in [1.807, 2.05) is 0 Å². The second-order valence-corrected chi connectivity index (χ2v) is 8.55. The molecule has 0 fully saturated rings. The van der Waals surface area contributed by atoms with Crippen molar-refractivity contribution in [3.63, 3.8) is 0 Å². The van der Waals surface area contributed by atoms with E-state index in [1.54, 1.807) is 55.5 Å². The Morgan fingerprint density at radius 1 is 0.778 bits per heavy atom. The summed E-state index contributed by atoms with van der Waals surface area (Å²) >= 11 is 1.46. The van der Waals surface area contributed by atoms with Crippen LogP contribution in [0.15, 0.2) is 75.6 Å². The highest BCUT2D eigenvalue weighted by Gasteiger charge is 2.12. The van der Waals surface area contributed by atoms with Gasteiger partial charge in [0, 0.05) is 27.9 Å². The molecule has 10 heteroatoms. The van der Waals surface area contributed by atoms with Gasteiger partial charge in [-0.15, -0.1) is 0 Å². The minimum absolute atomic E-state index is 0.0693. The van der Waals surface area contributed by atoms with Crippen molar-refractivity contribution in [1.82, 2.24) is 0 Å². The lowest BCUT2D eigenvalue weighted by Crippen LogP contribution is -2.14. The molecule has 0 aliphatic carbocycles. The van der Waals surface area contributed by atoms with Gasteiger partial charge in [0.15, 0.2) is 0 Å². The lowest BCUT2D eigenvalue weighted by Gasteiger charge is -2.08. The molecule has 0 saturated heterocycles. The van der Waals surface area contributed by atoms with Crippen LogP contribution in [0.25, 0.3) is 0 Å². The van der Waals surface area contributed by atoms with Crippen LogP contribution in [0.2, 0.25) is 0 Å². The first-order chi connectivity index (χ1) is 17.2. The number of ketones is 1. The largest absolute Gasteiger partial charge is 0.460 e. The topological polar surface area (TPSA) is 118 Å². The molecule has 2 rings (SSSR count). The number of nitrogens with zero attached hydrogens (tertiary/aromatic N) is 1. The molecule has 0 spiro atoms. The summed E-state index contributed by atoms with van der Waals surface area (Å²) in [6, 6.07) is 13.8. The highest BCUT2D eigenvalue weighted by atomic mass is 32.2. The lowest BCUT2D eigenvalue weighted by atomic mass is 10.1. The molecular formula is C26H27NO8S. The van der Waals surface area contributed by atoms with Crippen molar-refractivity contribution >= 4 is 41.2 Å². The standard InChI is InChI=1S/C26H27NO8S/c1-17(2)25(30)33-15-13-32-14-16-34-26(31)21-7-11-23(12-8-21)36-22-9-5-20(6-10-22)24(29)18(3)27-35-19(4)28/h5-12H,1,13-16H2,2-4H3/b27-18+. The summed E-state index contributed by atoms with van der Waals surface area (Å²) in [7, 11) is 0. The van der Waals surface area contributed by atoms with Gasteiger partial charge in [0.05, 0.1) is 18.8 Å². The maximum absolute atomic E-state index is 12.3. The van der Waals surface area contributed by atoms with Gasteiger partial charge in [-0.2, -0.15) is 0 Å². The predicted octanol–water partition coefficient (Wildman–Crippen LogP) is 4.25. The summed E-state index contributed by atoms with van der Waals surface area (Å²) in [5.74, 6) is -1.89. The Labute approximate surface area is 213 Å². The first-order valence-corrected chi connectivity index (χ1v) is 11.7. The quantitative estimate of drug-likeness (QED) is 0.0736. The maximum atomic E-state index is 12.3. The fourth-order valence-electron chi connectivity index (χ4n) is 2.55. The summed E-state index contributed by atoms with van der Waals surface area (Å²) in [5.41, 5.74) is 1.21. The third kappa shape index (κ3) is 9.85. The van der Waals surface area contributed by atoms with Crippen molar-refractivity contribution in [2.24, 2.45) is 5.16 Å². The number of hydrogen-bond acceptors (Lipinski definition) is 10. The molecule has 0 atom stereocenters. The lowest BCUT2D eigenvalue weighted by molar-refractivity contribution is -0.141. The molecule has 0 saturated carbocycles. The van der Waals surface area contributed by atoms with E-state index in [9.17, 15) is 19.2 Å². The molecule has 9 nitrogen and oxygen atoms in total. The van der Waals surface area contributed by atoms with Crippen LogP contribution in [0.3, 0.4) is 0 Å². The Morgan fingerprint density at radius 3 is 1.83 bits per heavy atom. The SMILES string of the molecule is C=C(C)C(=O)OCCOCCOC(=O)c1ccc(Sc2ccc(C(=O)/C(C)=N/OC(C)=O)cc2)cc1. The molecule has 0 bridgehead atoms. The van der Waals surface area contributed by atoms with Crippen LogP contribution in [-0.4, -0.2) is 55.8 Å². The number of esters is 2. The van der Waals surface area contributed by atoms with Gasteiger partial charge >= 0.3 is 17.9 Å². The Hall–Kier alpha value is -3.76. The Bertz CT molecular complexity index is 1120. The van der Waals surface area contributed by atoms with Crippen LogP contribution in [0.5, 0.6) is 0 Å². The van der Waals surface area contributed by atoms with Gasteiger partial charge in [-0.3, -0.25) is 4.79 Å². The zero-order valence-corrected chi connectivity index (χ0v) is 21.1. The highest BCUT2D eigenvalue weighted by molar-refractivity contribution is 7.99. The van der Waals surface area contributed by atoms with Gasteiger partial charge in [0.2, 0.25) is 5.78 Å². The highest BCUT2D eigenvalue weighted by Crippen LogP contribution is 2.28. The van der Waals surface area contributed by atoms with E-state index in [2.05, 4.69) is 16.6 Å². The van der Waals surface area contributed by atoms with Crippen LogP contribution in [0.1, 0.15) is 41.5 Å². The van der Waals surface area contributed by atoms with E-state index < -0.39 is 17.9 Å². The van der Waals surface area contributed by atoms with E-state index >= 15 is 0 Å². The van der Waals surface area contributed by atoms with Crippen molar-refractivity contribution in [3.05, 3.63) is 71.8 Å². The van der Waals surface area contributed by atoms with Gasteiger partial charge in [-0.05, 0) is 62.4 Å². The third-order valence-electron chi connectivity index (χ3n) is 4.35. The van der Waals surface area contributed by atoms with Gasteiger partial charge in [0.25, 0.3) is 0 Å². The van der Waals surface area contributed by atoms with Crippen LogP contribution in [-0.2, 0) is 28.6 Å². The Balaban J connectivity index is 1.77. The number of Topliss-reactive ketones (excluding diaryl/α,β-unsaturated/α-hetero) is 1. The molecule has 2 aromatic rings. The molecule has 0 aromatic heterocycles. The second-order valence-electron chi connectivity index (χ2n) is 7.40. The third-order valence-corrected chi connectivity index (χ3v) is 5.37. The minimum Gasteiger partial charge on any atom is -0.460 e. The zero-order valence-electron chi connectivity index (χ0n) is 20.3. The number of oxime groups is 1. The van der Waals surface area contributed by atoms with E-state index in [0.717, 1.165) is 9.79 Å². The molecule has 0 aliphatic rings. The van der Waals surface area contributed by atoms with Crippen molar-refractivity contribution < 1.29 is 38.2 Å². The van der Waals surface area contributed by atoms with Gasteiger partial charge in [-0.1, -0.05) is 23.5 Å². The summed E-state index contributed by atoms with van der Waals surface area (Å²) < 4.78 is 15.3.